The van der Waals surface area contributed by atoms with Gasteiger partial charge in [-0.05, 0) is 39.0 Å². The summed E-state index contributed by atoms with van der Waals surface area (Å²) in [5, 5.41) is 21.8. The maximum atomic E-state index is 13.0. The van der Waals surface area contributed by atoms with Gasteiger partial charge in [0.1, 0.15) is 23.8 Å². The summed E-state index contributed by atoms with van der Waals surface area (Å²) in [6.45, 7) is 4.26. The Bertz CT molecular complexity index is 1130. The number of carbonyl (C=O) groups is 1. The minimum absolute atomic E-state index is 0.120. The Morgan fingerprint density at radius 1 is 1.20 bits per heavy atom. The maximum Gasteiger partial charge on any atom is 0.416 e. The van der Waals surface area contributed by atoms with Gasteiger partial charge in [-0.1, -0.05) is 6.07 Å². The van der Waals surface area contributed by atoms with Gasteiger partial charge >= 0.3 is 11.9 Å². The van der Waals surface area contributed by atoms with E-state index in [9.17, 15) is 28.1 Å². The average Bonchev–Trinajstić information content (AvgIpc) is 3.13. The highest BCUT2D eigenvalue weighted by molar-refractivity contribution is 5.90. The number of nitrogens with one attached hydrogen (secondary N) is 1. The molecule has 0 fully saturated rings. The summed E-state index contributed by atoms with van der Waals surface area (Å²) < 4.78 is 41.4. The van der Waals surface area contributed by atoms with Crippen molar-refractivity contribution in [2.75, 3.05) is 5.32 Å². The zero-order valence-corrected chi connectivity index (χ0v) is 16.2. The van der Waals surface area contributed by atoms with Gasteiger partial charge < -0.3 is 5.32 Å². The van der Waals surface area contributed by atoms with E-state index in [1.165, 1.54) is 41.4 Å². The van der Waals surface area contributed by atoms with E-state index in [2.05, 4.69) is 15.5 Å². The predicted molar refractivity (Wildman–Crippen MR) is 100 cm³/mol. The molecule has 0 bridgehead atoms. The molecule has 0 spiro atoms. The largest absolute Gasteiger partial charge is 0.416 e. The van der Waals surface area contributed by atoms with Crippen LogP contribution in [0.3, 0.4) is 0 Å². The van der Waals surface area contributed by atoms with Crippen LogP contribution >= 0.6 is 0 Å². The van der Waals surface area contributed by atoms with Crippen molar-refractivity contribution in [2.24, 2.45) is 0 Å². The van der Waals surface area contributed by atoms with Crippen LogP contribution in [-0.2, 0) is 17.5 Å². The van der Waals surface area contributed by atoms with Gasteiger partial charge in [0, 0.05) is 6.07 Å². The van der Waals surface area contributed by atoms with Crippen LogP contribution in [0.2, 0.25) is 0 Å². The number of halogens is 3. The quantitative estimate of drug-likeness (QED) is 0.500. The molecule has 1 N–H and O–H groups in total. The number of alkyl halides is 3. The van der Waals surface area contributed by atoms with Crippen molar-refractivity contribution < 1.29 is 22.9 Å². The molecule has 3 aromatic rings. The summed E-state index contributed by atoms with van der Waals surface area (Å²) in [6.07, 6.45) is -4.52. The van der Waals surface area contributed by atoms with Gasteiger partial charge in [0.15, 0.2) is 0 Å². The van der Waals surface area contributed by atoms with Crippen LogP contribution in [0, 0.1) is 30.9 Å². The topological polar surface area (TPSA) is 108 Å². The molecule has 0 aliphatic carbocycles. The van der Waals surface area contributed by atoms with Crippen LogP contribution in [-0.4, -0.2) is 30.4 Å². The molecule has 3 rings (SSSR count). The summed E-state index contributed by atoms with van der Waals surface area (Å²) in [5.41, 5.74) is -0.0298. The molecule has 1 amide bonds. The lowest BCUT2D eigenvalue weighted by Crippen LogP contribution is -2.22. The van der Waals surface area contributed by atoms with Crippen molar-refractivity contribution in [1.29, 1.82) is 0 Å². The molecule has 9 nitrogen and oxygen atoms in total. The molecular formula is C18H17F3N6O3. The van der Waals surface area contributed by atoms with Crippen LogP contribution in [0.25, 0.3) is 5.69 Å². The highest BCUT2D eigenvalue weighted by Gasteiger charge is 2.31. The summed E-state index contributed by atoms with van der Waals surface area (Å²) in [7, 11) is 0. The molecule has 0 saturated heterocycles. The highest BCUT2D eigenvalue weighted by Crippen LogP contribution is 2.31. The number of hydrogen-bond acceptors (Lipinski definition) is 5. The van der Waals surface area contributed by atoms with Crippen LogP contribution in [0.1, 0.15) is 22.6 Å². The highest BCUT2D eigenvalue weighted by atomic mass is 19.4. The van der Waals surface area contributed by atoms with E-state index in [1.807, 2.05) is 0 Å². The second-order valence-corrected chi connectivity index (χ2v) is 6.61. The third-order valence-corrected chi connectivity index (χ3v) is 4.34. The van der Waals surface area contributed by atoms with Gasteiger partial charge in [0.05, 0.1) is 21.9 Å². The van der Waals surface area contributed by atoms with Crippen molar-refractivity contribution in [1.82, 2.24) is 19.6 Å². The molecule has 0 aliphatic heterocycles. The summed E-state index contributed by atoms with van der Waals surface area (Å²) in [4.78, 5) is 23.0. The number of anilines is 1. The van der Waals surface area contributed by atoms with E-state index in [-0.39, 0.29) is 35.1 Å². The number of aromatic nitrogens is 4. The summed E-state index contributed by atoms with van der Waals surface area (Å²) in [6, 6.07) is 6.04. The molecule has 0 unspecified atom stereocenters. The fraction of sp³-hybridized carbons (Fsp3) is 0.278. The SMILES string of the molecule is Cc1cc(NC(=O)Cn2nc(C)c([N+](=O)[O-])c2C)n(-c2cccc(C(F)(F)F)c2)n1. The van der Waals surface area contributed by atoms with Crippen molar-refractivity contribution in [3.8, 4) is 5.69 Å². The van der Waals surface area contributed by atoms with Crippen LogP contribution in [0.5, 0.6) is 0 Å². The number of aryl methyl sites for hydroxylation is 2. The van der Waals surface area contributed by atoms with E-state index >= 15 is 0 Å². The Morgan fingerprint density at radius 3 is 2.50 bits per heavy atom. The molecule has 2 heterocycles. The summed E-state index contributed by atoms with van der Waals surface area (Å²) >= 11 is 0. The Labute approximate surface area is 168 Å². The summed E-state index contributed by atoms with van der Waals surface area (Å²) in [5.74, 6) is -0.406. The first-order valence-corrected chi connectivity index (χ1v) is 8.70. The van der Waals surface area contributed by atoms with E-state index in [0.717, 1.165) is 12.1 Å². The third kappa shape index (κ3) is 4.16. The van der Waals surface area contributed by atoms with E-state index in [4.69, 9.17) is 0 Å². The van der Waals surface area contributed by atoms with Gasteiger partial charge in [-0.15, -0.1) is 0 Å². The van der Waals surface area contributed by atoms with Crippen LogP contribution in [0.4, 0.5) is 24.7 Å². The Hall–Kier alpha value is -3.70. The van der Waals surface area contributed by atoms with Crippen molar-refractivity contribution in [3.05, 3.63) is 63.1 Å². The lowest BCUT2D eigenvalue weighted by Gasteiger charge is -2.12. The lowest BCUT2D eigenvalue weighted by atomic mass is 10.2. The smallest absolute Gasteiger partial charge is 0.309 e. The number of hydrogen-bond donors (Lipinski definition) is 1. The van der Waals surface area contributed by atoms with Gasteiger partial charge in [-0.2, -0.15) is 23.4 Å². The number of benzene rings is 1. The van der Waals surface area contributed by atoms with Gasteiger partial charge in [-0.25, -0.2) is 4.68 Å². The second-order valence-electron chi connectivity index (χ2n) is 6.61. The third-order valence-electron chi connectivity index (χ3n) is 4.34. The molecule has 30 heavy (non-hydrogen) atoms. The Morgan fingerprint density at radius 2 is 1.90 bits per heavy atom. The number of rotatable bonds is 5. The fourth-order valence-electron chi connectivity index (χ4n) is 3.02. The molecule has 0 saturated carbocycles. The maximum absolute atomic E-state index is 13.0. The van der Waals surface area contributed by atoms with E-state index in [1.54, 1.807) is 6.92 Å². The number of nitro groups is 1. The zero-order chi connectivity index (χ0) is 22.2. The lowest BCUT2D eigenvalue weighted by molar-refractivity contribution is -0.386. The first-order valence-electron chi connectivity index (χ1n) is 8.70. The number of carbonyl (C=O) groups excluding carboxylic acids is 1. The van der Waals surface area contributed by atoms with Gasteiger partial charge in [0.2, 0.25) is 5.91 Å². The number of nitrogens with zero attached hydrogens (tertiary/aromatic N) is 5. The Balaban J connectivity index is 1.87. The van der Waals surface area contributed by atoms with Crippen LogP contribution < -0.4 is 5.32 Å². The molecule has 158 valence electrons. The number of amides is 1. The minimum Gasteiger partial charge on any atom is -0.309 e. The van der Waals surface area contributed by atoms with Crippen molar-refractivity contribution >= 4 is 17.4 Å². The second kappa shape index (κ2) is 7.61. The predicted octanol–water partition coefficient (Wildman–Crippen LogP) is 3.56. The monoisotopic (exact) mass is 422 g/mol. The fourth-order valence-corrected chi connectivity index (χ4v) is 3.02. The van der Waals surface area contributed by atoms with Crippen molar-refractivity contribution in [3.63, 3.8) is 0 Å². The minimum atomic E-state index is -4.52. The van der Waals surface area contributed by atoms with Crippen molar-refractivity contribution in [2.45, 2.75) is 33.5 Å². The molecule has 0 atom stereocenters. The molecular weight excluding hydrogens is 405 g/mol. The zero-order valence-electron chi connectivity index (χ0n) is 16.2. The molecule has 1 aromatic carbocycles. The standard InChI is InChI=1S/C18H17F3N6O3/c1-10-7-15(26(23-10)14-6-4-5-13(8-14)18(19,20)21)22-16(28)9-25-12(3)17(27(29)30)11(2)24-25/h4-8H,9H2,1-3H3,(H,22,28). The van der Waals surface area contributed by atoms with E-state index in [0.29, 0.717) is 5.69 Å². The molecule has 0 radical (unpaired) electrons. The molecule has 0 aliphatic rings. The first-order chi connectivity index (χ1) is 14.0. The van der Waals surface area contributed by atoms with Crippen LogP contribution in [0.15, 0.2) is 30.3 Å². The van der Waals surface area contributed by atoms with Gasteiger partial charge in [0.25, 0.3) is 0 Å². The first kappa shape index (κ1) is 21.0. The normalized spacial score (nSPS) is 11.5. The molecule has 2 aromatic heterocycles. The Kier molecular flexibility index (Phi) is 5.33. The average molecular weight is 422 g/mol. The van der Waals surface area contributed by atoms with Gasteiger partial charge in [-0.3, -0.25) is 19.6 Å². The molecule has 12 heteroatoms. The van der Waals surface area contributed by atoms with E-state index < -0.39 is 22.6 Å².